The number of carbonyl (C=O) groups is 1. The molecule has 1 aliphatic carbocycles. The largest absolute Gasteiger partial charge is 0.378 e. The van der Waals surface area contributed by atoms with Gasteiger partial charge in [-0.1, -0.05) is 45.0 Å². The van der Waals surface area contributed by atoms with E-state index < -0.39 is 5.54 Å². The van der Waals surface area contributed by atoms with Gasteiger partial charge in [-0.2, -0.15) is 0 Å². The number of rotatable bonds is 7. The van der Waals surface area contributed by atoms with Crippen molar-refractivity contribution in [2.75, 3.05) is 13.2 Å². The molecular formula is C19H31ClN2O2. The van der Waals surface area contributed by atoms with Gasteiger partial charge in [-0.05, 0) is 30.9 Å². The summed E-state index contributed by atoms with van der Waals surface area (Å²) in [6.45, 7) is 9.40. The molecule has 1 fully saturated rings. The lowest BCUT2D eigenvalue weighted by Crippen LogP contribution is -2.75. The van der Waals surface area contributed by atoms with Gasteiger partial charge in [0.05, 0.1) is 6.10 Å². The van der Waals surface area contributed by atoms with Crippen LogP contribution in [0.1, 0.15) is 45.2 Å². The lowest BCUT2D eigenvalue weighted by Gasteiger charge is -2.57. The van der Waals surface area contributed by atoms with E-state index >= 15 is 0 Å². The molecule has 2 rings (SSSR count). The van der Waals surface area contributed by atoms with Crippen LogP contribution in [0.2, 0.25) is 0 Å². The van der Waals surface area contributed by atoms with Gasteiger partial charge in [-0.15, -0.1) is 12.4 Å². The third-order valence-electron chi connectivity index (χ3n) is 5.37. The predicted octanol–water partition coefficient (Wildman–Crippen LogP) is 2.86. The number of hydrogen-bond donors (Lipinski definition) is 2. The first kappa shape index (κ1) is 20.9. The monoisotopic (exact) mass is 354 g/mol. The molecule has 4 nitrogen and oxygen atoms in total. The van der Waals surface area contributed by atoms with Crippen molar-refractivity contribution in [3.05, 3.63) is 35.4 Å². The molecule has 3 N–H and O–H groups in total. The molecule has 5 heteroatoms. The van der Waals surface area contributed by atoms with E-state index in [2.05, 4.69) is 36.5 Å². The van der Waals surface area contributed by atoms with Gasteiger partial charge < -0.3 is 15.8 Å². The van der Waals surface area contributed by atoms with Crippen molar-refractivity contribution >= 4 is 18.3 Å². The second-order valence-corrected chi connectivity index (χ2v) is 7.02. The fourth-order valence-corrected chi connectivity index (χ4v) is 3.24. The maximum atomic E-state index is 12.5. The van der Waals surface area contributed by atoms with Gasteiger partial charge in [0.15, 0.2) is 0 Å². The Morgan fingerprint density at radius 3 is 2.33 bits per heavy atom. The second-order valence-electron chi connectivity index (χ2n) is 7.02. The van der Waals surface area contributed by atoms with Gasteiger partial charge in [-0.25, -0.2) is 0 Å². The van der Waals surface area contributed by atoms with Crippen molar-refractivity contribution in [2.24, 2.45) is 11.1 Å². The van der Waals surface area contributed by atoms with Gasteiger partial charge >= 0.3 is 0 Å². The van der Waals surface area contributed by atoms with E-state index in [0.29, 0.717) is 19.6 Å². The Kier molecular flexibility index (Phi) is 7.26. The predicted molar refractivity (Wildman–Crippen MR) is 101 cm³/mol. The first-order valence-corrected chi connectivity index (χ1v) is 8.61. The molecule has 0 aromatic heterocycles. The number of carbonyl (C=O) groups excluding carboxylic acids is 1. The van der Waals surface area contributed by atoms with Gasteiger partial charge in [0.1, 0.15) is 5.54 Å². The molecule has 2 unspecified atom stereocenters. The van der Waals surface area contributed by atoms with Gasteiger partial charge in [0, 0.05) is 25.0 Å². The zero-order chi connectivity index (χ0) is 17.1. The Labute approximate surface area is 151 Å². The van der Waals surface area contributed by atoms with Crippen LogP contribution in [-0.2, 0) is 22.4 Å². The number of nitrogens with two attached hydrogens (primary N) is 1. The molecule has 0 aliphatic heterocycles. The number of hydrogen-bond acceptors (Lipinski definition) is 3. The van der Waals surface area contributed by atoms with Crippen molar-refractivity contribution < 1.29 is 9.53 Å². The SMILES string of the molecule is CCOC1CC(N)(C(=O)NCCc2ccc(CC)cc2)C1(C)C.Cl. The Morgan fingerprint density at radius 2 is 1.83 bits per heavy atom. The van der Waals surface area contributed by atoms with Crippen molar-refractivity contribution in [1.29, 1.82) is 0 Å². The summed E-state index contributed by atoms with van der Waals surface area (Å²) in [5, 5.41) is 3.00. The molecule has 0 bridgehead atoms. The highest BCUT2D eigenvalue weighted by Crippen LogP contribution is 2.49. The van der Waals surface area contributed by atoms with E-state index in [0.717, 1.165) is 12.8 Å². The van der Waals surface area contributed by atoms with Crippen molar-refractivity contribution in [3.8, 4) is 0 Å². The number of amides is 1. The van der Waals surface area contributed by atoms with E-state index in [1.165, 1.54) is 11.1 Å². The molecular weight excluding hydrogens is 324 g/mol. The van der Waals surface area contributed by atoms with Crippen molar-refractivity contribution in [3.63, 3.8) is 0 Å². The van der Waals surface area contributed by atoms with Crippen LogP contribution >= 0.6 is 12.4 Å². The maximum Gasteiger partial charge on any atom is 0.240 e. The summed E-state index contributed by atoms with van der Waals surface area (Å²) in [6, 6.07) is 8.54. The molecule has 0 radical (unpaired) electrons. The second kappa shape index (κ2) is 8.32. The van der Waals surface area contributed by atoms with E-state index in [-0.39, 0.29) is 29.8 Å². The smallest absolute Gasteiger partial charge is 0.240 e. The van der Waals surface area contributed by atoms with Gasteiger partial charge in [0.25, 0.3) is 0 Å². The summed E-state index contributed by atoms with van der Waals surface area (Å²) < 4.78 is 5.67. The minimum atomic E-state index is -0.834. The number of nitrogens with one attached hydrogen (secondary N) is 1. The van der Waals surface area contributed by atoms with Crippen molar-refractivity contribution in [2.45, 2.75) is 58.6 Å². The highest BCUT2D eigenvalue weighted by atomic mass is 35.5. The lowest BCUT2D eigenvalue weighted by molar-refractivity contribution is -0.170. The third-order valence-corrected chi connectivity index (χ3v) is 5.37. The fraction of sp³-hybridized carbons (Fsp3) is 0.632. The topological polar surface area (TPSA) is 64.3 Å². The fourth-order valence-electron chi connectivity index (χ4n) is 3.24. The zero-order valence-corrected chi connectivity index (χ0v) is 16.0. The minimum absolute atomic E-state index is 0. The van der Waals surface area contributed by atoms with E-state index in [1.807, 2.05) is 20.8 Å². The van der Waals surface area contributed by atoms with E-state index in [9.17, 15) is 4.79 Å². The van der Waals surface area contributed by atoms with Crippen LogP contribution in [-0.4, -0.2) is 30.7 Å². The molecule has 0 heterocycles. The normalized spacial score (nSPS) is 24.6. The van der Waals surface area contributed by atoms with Crippen LogP contribution in [0, 0.1) is 5.41 Å². The lowest BCUT2D eigenvalue weighted by atomic mass is 9.54. The molecule has 0 spiro atoms. The summed E-state index contributed by atoms with van der Waals surface area (Å²) in [5.41, 5.74) is 7.76. The average Bonchev–Trinajstić information content (AvgIpc) is 2.55. The Balaban J connectivity index is 0.00000288. The highest BCUT2D eigenvalue weighted by molar-refractivity contribution is 5.88. The van der Waals surface area contributed by atoms with Crippen LogP contribution in [0.5, 0.6) is 0 Å². The molecule has 0 saturated heterocycles. The number of aryl methyl sites for hydroxylation is 1. The van der Waals surface area contributed by atoms with Crippen LogP contribution in [0.15, 0.2) is 24.3 Å². The van der Waals surface area contributed by atoms with Crippen LogP contribution in [0.4, 0.5) is 0 Å². The van der Waals surface area contributed by atoms with E-state index in [1.54, 1.807) is 0 Å². The summed E-state index contributed by atoms with van der Waals surface area (Å²) in [4.78, 5) is 12.5. The molecule has 1 amide bonds. The molecule has 136 valence electrons. The standard InChI is InChI=1S/C19H30N2O2.ClH/c1-5-14-7-9-15(10-8-14)11-12-21-17(22)19(20)13-16(23-6-2)18(19,3)4;/h7-10,16H,5-6,11-13,20H2,1-4H3,(H,21,22);1H. The molecule has 1 aliphatic rings. The summed E-state index contributed by atoms with van der Waals surface area (Å²) >= 11 is 0. The van der Waals surface area contributed by atoms with Gasteiger partial charge in [-0.3, -0.25) is 4.79 Å². The highest BCUT2D eigenvalue weighted by Gasteiger charge is 2.62. The number of ether oxygens (including phenoxy) is 1. The maximum absolute atomic E-state index is 12.5. The van der Waals surface area contributed by atoms with Crippen molar-refractivity contribution in [1.82, 2.24) is 5.32 Å². The Hall–Kier alpha value is -1.10. The summed E-state index contributed by atoms with van der Waals surface area (Å²) in [7, 11) is 0. The molecule has 24 heavy (non-hydrogen) atoms. The zero-order valence-electron chi connectivity index (χ0n) is 15.2. The first-order chi connectivity index (χ1) is 10.8. The Bertz CT molecular complexity index is 545. The molecule has 2 atom stereocenters. The third kappa shape index (κ3) is 3.93. The summed E-state index contributed by atoms with van der Waals surface area (Å²) in [5.74, 6) is -0.0661. The first-order valence-electron chi connectivity index (χ1n) is 8.61. The molecule has 1 saturated carbocycles. The van der Waals surface area contributed by atoms with Crippen LogP contribution < -0.4 is 11.1 Å². The molecule has 1 aromatic carbocycles. The summed E-state index contributed by atoms with van der Waals surface area (Å²) in [6.07, 6.45) is 2.51. The van der Waals surface area contributed by atoms with E-state index in [4.69, 9.17) is 10.5 Å². The number of benzene rings is 1. The minimum Gasteiger partial charge on any atom is -0.378 e. The van der Waals surface area contributed by atoms with Gasteiger partial charge in [0.2, 0.25) is 5.91 Å². The van der Waals surface area contributed by atoms with Crippen LogP contribution in [0.3, 0.4) is 0 Å². The van der Waals surface area contributed by atoms with Crippen LogP contribution in [0.25, 0.3) is 0 Å². The average molecular weight is 355 g/mol. The number of halogens is 1. The quantitative estimate of drug-likeness (QED) is 0.791. The molecule has 1 aromatic rings. The Morgan fingerprint density at radius 1 is 1.25 bits per heavy atom.